The van der Waals surface area contributed by atoms with E-state index < -0.39 is 0 Å². The van der Waals surface area contributed by atoms with Crippen molar-refractivity contribution in [2.24, 2.45) is 17.8 Å². The number of likely N-dealkylation sites (tertiary alicyclic amines) is 1. The SMILES string of the molecule is CC(=O)C1CCC(CN2C(=O)CC(C=P)C2=O)CC1. The fourth-order valence-corrected chi connectivity index (χ4v) is 3.30. The topological polar surface area (TPSA) is 54.5 Å². The predicted molar refractivity (Wildman–Crippen MR) is 75.3 cm³/mol. The van der Waals surface area contributed by atoms with Crippen LogP contribution in [0.5, 0.6) is 0 Å². The highest BCUT2D eigenvalue weighted by Crippen LogP contribution is 2.31. The number of hydrogen-bond acceptors (Lipinski definition) is 3. The normalized spacial score (nSPS) is 31.6. The van der Waals surface area contributed by atoms with Crippen molar-refractivity contribution in [3.05, 3.63) is 0 Å². The van der Waals surface area contributed by atoms with Gasteiger partial charge in [-0.3, -0.25) is 19.3 Å². The summed E-state index contributed by atoms with van der Waals surface area (Å²) >= 11 is 0. The Labute approximate surface area is 115 Å². The first-order valence-corrected chi connectivity index (χ1v) is 7.46. The third-order valence-corrected chi connectivity index (χ3v) is 4.74. The third-order valence-electron chi connectivity index (χ3n) is 4.34. The molecule has 2 aliphatic rings. The maximum absolute atomic E-state index is 12.0. The maximum atomic E-state index is 12.0. The number of Topliss-reactive ketones (excluding diaryl/α,β-unsaturated/α-hetero) is 1. The molecule has 4 nitrogen and oxygen atoms in total. The molecule has 5 heteroatoms. The molecule has 0 bridgehead atoms. The summed E-state index contributed by atoms with van der Waals surface area (Å²) in [7, 11) is 3.21. The molecule has 1 saturated carbocycles. The summed E-state index contributed by atoms with van der Waals surface area (Å²) in [6, 6.07) is 0. The Hall–Kier alpha value is -1.02. The Bertz CT molecular complexity index is 413. The first kappa shape index (κ1) is 14.4. The van der Waals surface area contributed by atoms with Crippen LogP contribution in [0.25, 0.3) is 0 Å². The smallest absolute Gasteiger partial charge is 0.236 e. The summed E-state index contributed by atoms with van der Waals surface area (Å²) < 4.78 is 0. The fraction of sp³-hybridized carbons (Fsp3) is 0.714. The van der Waals surface area contributed by atoms with Crippen LogP contribution in [0.3, 0.4) is 0 Å². The molecule has 0 aromatic heterocycles. The van der Waals surface area contributed by atoms with E-state index in [0.717, 1.165) is 25.7 Å². The number of carbonyl (C=O) groups excluding carboxylic acids is 3. The van der Waals surface area contributed by atoms with Crippen molar-refractivity contribution >= 4 is 32.3 Å². The van der Waals surface area contributed by atoms with E-state index in [0.29, 0.717) is 12.5 Å². The van der Waals surface area contributed by atoms with Crippen molar-refractivity contribution in [3.63, 3.8) is 0 Å². The molecule has 0 aromatic carbocycles. The molecule has 1 aliphatic carbocycles. The van der Waals surface area contributed by atoms with Crippen LogP contribution in [-0.4, -0.2) is 34.8 Å². The molecule has 0 radical (unpaired) electrons. The van der Waals surface area contributed by atoms with Crippen LogP contribution in [-0.2, 0) is 14.4 Å². The van der Waals surface area contributed by atoms with Crippen molar-refractivity contribution in [1.29, 1.82) is 0 Å². The van der Waals surface area contributed by atoms with Gasteiger partial charge in [-0.05, 0) is 38.5 Å². The van der Waals surface area contributed by atoms with Gasteiger partial charge in [0.05, 0.1) is 5.92 Å². The molecule has 1 saturated heterocycles. The van der Waals surface area contributed by atoms with Gasteiger partial charge in [-0.1, -0.05) is 5.80 Å². The highest BCUT2D eigenvalue weighted by molar-refractivity contribution is 7.18. The van der Waals surface area contributed by atoms with E-state index in [1.807, 2.05) is 0 Å². The zero-order chi connectivity index (χ0) is 14.0. The zero-order valence-corrected chi connectivity index (χ0v) is 12.2. The van der Waals surface area contributed by atoms with E-state index in [9.17, 15) is 14.4 Å². The van der Waals surface area contributed by atoms with Gasteiger partial charge >= 0.3 is 0 Å². The van der Waals surface area contributed by atoms with E-state index in [4.69, 9.17) is 0 Å². The summed E-state index contributed by atoms with van der Waals surface area (Å²) in [4.78, 5) is 36.5. The number of hydrogen-bond donors (Lipinski definition) is 0. The first-order valence-electron chi connectivity index (χ1n) is 6.88. The van der Waals surface area contributed by atoms with Gasteiger partial charge in [-0.15, -0.1) is 8.86 Å². The molecule has 104 valence electrons. The van der Waals surface area contributed by atoms with Gasteiger partial charge in [0.1, 0.15) is 5.78 Å². The molecule has 1 aliphatic heterocycles. The Morgan fingerprint density at radius 2 is 1.95 bits per heavy atom. The largest absolute Gasteiger partial charge is 0.300 e. The molecule has 0 aromatic rings. The molecule has 2 amide bonds. The van der Waals surface area contributed by atoms with E-state index in [2.05, 4.69) is 8.86 Å². The molecule has 2 fully saturated rings. The minimum Gasteiger partial charge on any atom is -0.300 e. The average molecular weight is 281 g/mol. The molecule has 1 unspecified atom stereocenters. The number of imide groups is 1. The minimum absolute atomic E-state index is 0.0711. The molecule has 0 N–H and O–H groups in total. The monoisotopic (exact) mass is 281 g/mol. The van der Waals surface area contributed by atoms with Crippen LogP contribution in [0.2, 0.25) is 0 Å². The molecule has 1 heterocycles. The van der Waals surface area contributed by atoms with Gasteiger partial charge in [-0.2, -0.15) is 0 Å². The Morgan fingerprint density at radius 1 is 1.32 bits per heavy atom. The Balaban J connectivity index is 1.89. The fourth-order valence-electron chi connectivity index (χ4n) is 3.04. The lowest BCUT2D eigenvalue weighted by Crippen LogP contribution is -2.37. The van der Waals surface area contributed by atoms with E-state index in [1.165, 1.54) is 4.90 Å². The van der Waals surface area contributed by atoms with Gasteiger partial charge in [0.25, 0.3) is 0 Å². The van der Waals surface area contributed by atoms with Gasteiger partial charge in [-0.25, -0.2) is 0 Å². The zero-order valence-electron chi connectivity index (χ0n) is 11.2. The lowest BCUT2D eigenvalue weighted by molar-refractivity contribution is -0.140. The number of nitrogens with zero attached hydrogens (tertiary/aromatic N) is 1. The minimum atomic E-state index is -0.308. The van der Waals surface area contributed by atoms with Crippen molar-refractivity contribution < 1.29 is 14.4 Å². The molecular weight excluding hydrogens is 261 g/mol. The summed E-state index contributed by atoms with van der Waals surface area (Å²) in [5, 5.41) is 0. The van der Waals surface area contributed by atoms with Crippen LogP contribution in [0, 0.1) is 17.8 Å². The second-order valence-electron chi connectivity index (χ2n) is 5.65. The summed E-state index contributed by atoms with van der Waals surface area (Å²) in [6.45, 7) is 2.17. The molecule has 2 rings (SSSR count). The van der Waals surface area contributed by atoms with Crippen molar-refractivity contribution in [3.8, 4) is 0 Å². The molecule has 19 heavy (non-hydrogen) atoms. The van der Waals surface area contributed by atoms with Crippen LogP contribution in [0.1, 0.15) is 39.0 Å². The molecule has 1 atom stereocenters. The summed E-state index contributed by atoms with van der Waals surface area (Å²) in [6.07, 6.45) is 3.94. The summed E-state index contributed by atoms with van der Waals surface area (Å²) in [5.74, 6) is 1.96. The number of rotatable bonds is 4. The van der Waals surface area contributed by atoms with Crippen molar-refractivity contribution in [1.82, 2.24) is 4.90 Å². The van der Waals surface area contributed by atoms with Crippen LogP contribution >= 0.6 is 8.86 Å². The molecule has 0 spiro atoms. The first-order chi connectivity index (χ1) is 9.02. The van der Waals surface area contributed by atoms with Crippen LogP contribution in [0.4, 0.5) is 0 Å². The predicted octanol–water partition coefficient (Wildman–Crippen LogP) is 1.70. The van der Waals surface area contributed by atoms with E-state index in [-0.39, 0.29) is 35.9 Å². The lowest BCUT2D eigenvalue weighted by atomic mass is 9.80. The summed E-state index contributed by atoms with van der Waals surface area (Å²) in [5.41, 5.74) is 0. The third kappa shape index (κ3) is 3.11. The number of amides is 2. The highest BCUT2D eigenvalue weighted by atomic mass is 31.0. The van der Waals surface area contributed by atoms with E-state index in [1.54, 1.807) is 12.7 Å². The van der Waals surface area contributed by atoms with Crippen LogP contribution in [0.15, 0.2) is 0 Å². The number of carbonyl (C=O) groups is 3. The second kappa shape index (κ2) is 5.96. The lowest BCUT2D eigenvalue weighted by Gasteiger charge is -2.29. The van der Waals surface area contributed by atoms with E-state index >= 15 is 0 Å². The standard InChI is InChI=1S/C14H20NO3P/c1-9(16)11-4-2-10(3-5-11)7-15-13(17)6-12(8-19)14(15)18/h8,10-12,19H,2-7H2,1H3. The Morgan fingerprint density at radius 3 is 2.42 bits per heavy atom. The quantitative estimate of drug-likeness (QED) is 0.582. The van der Waals surface area contributed by atoms with Gasteiger partial charge in [0.15, 0.2) is 0 Å². The molecular formula is C14H20NO3P. The van der Waals surface area contributed by atoms with Gasteiger partial charge < -0.3 is 0 Å². The Kier molecular flexibility index (Phi) is 4.51. The van der Waals surface area contributed by atoms with Gasteiger partial charge in [0, 0.05) is 18.9 Å². The second-order valence-corrected chi connectivity index (χ2v) is 5.98. The van der Waals surface area contributed by atoms with Crippen LogP contribution < -0.4 is 0 Å². The van der Waals surface area contributed by atoms with Crippen molar-refractivity contribution in [2.75, 3.05) is 6.54 Å². The number of ketones is 1. The maximum Gasteiger partial charge on any atom is 0.236 e. The van der Waals surface area contributed by atoms with Crippen molar-refractivity contribution in [2.45, 2.75) is 39.0 Å². The van der Waals surface area contributed by atoms with Gasteiger partial charge in [0.2, 0.25) is 11.8 Å². The average Bonchev–Trinajstić information content (AvgIpc) is 2.67. The highest BCUT2D eigenvalue weighted by Gasteiger charge is 2.38.